The molecule has 5 aliphatic rings. The summed E-state index contributed by atoms with van der Waals surface area (Å²) < 4.78 is 11.6. The van der Waals surface area contributed by atoms with E-state index in [0.29, 0.717) is 12.8 Å². The Labute approximate surface area is 147 Å². The Hall–Kier alpha value is -1.49. The van der Waals surface area contributed by atoms with Crippen LogP contribution in [-0.2, 0) is 23.9 Å². The molecule has 0 aromatic heterocycles. The molecule has 134 valence electrons. The molecule has 0 spiro atoms. The minimum absolute atomic E-state index is 0.0965. The second-order valence-electron chi connectivity index (χ2n) is 9.45. The minimum Gasteiger partial charge on any atom is -0.458 e. The van der Waals surface area contributed by atoms with Gasteiger partial charge in [0.05, 0.1) is 0 Å². The van der Waals surface area contributed by atoms with Crippen LogP contribution in [0.15, 0.2) is 11.6 Å². The Morgan fingerprint density at radius 1 is 1.16 bits per heavy atom. The van der Waals surface area contributed by atoms with E-state index in [-0.39, 0.29) is 41.4 Å². The van der Waals surface area contributed by atoms with Gasteiger partial charge in [0.1, 0.15) is 23.6 Å². The molecule has 2 heterocycles. The van der Waals surface area contributed by atoms with Gasteiger partial charge < -0.3 is 9.47 Å². The van der Waals surface area contributed by atoms with Gasteiger partial charge >= 0.3 is 5.97 Å². The SMILES string of the molecule is CC1CC(=O)CC2(C)C1CC1OC(=O)C=C3C4(C)OC4C(=O)C2C31C. The maximum absolute atomic E-state index is 13.4. The summed E-state index contributed by atoms with van der Waals surface area (Å²) in [5.41, 5.74) is -0.739. The topological polar surface area (TPSA) is 73.0 Å². The molecule has 0 bridgehead atoms. The van der Waals surface area contributed by atoms with Crippen LogP contribution in [0.25, 0.3) is 0 Å². The number of hydrogen-bond donors (Lipinski definition) is 0. The van der Waals surface area contributed by atoms with E-state index in [1.165, 1.54) is 0 Å². The van der Waals surface area contributed by atoms with Crippen LogP contribution >= 0.6 is 0 Å². The summed E-state index contributed by atoms with van der Waals surface area (Å²) >= 11 is 0. The van der Waals surface area contributed by atoms with E-state index in [4.69, 9.17) is 9.47 Å². The van der Waals surface area contributed by atoms with Crippen molar-refractivity contribution in [3.63, 3.8) is 0 Å². The van der Waals surface area contributed by atoms with Crippen LogP contribution in [0.2, 0.25) is 0 Å². The molecule has 3 saturated carbocycles. The molecular weight excluding hydrogens is 320 g/mol. The number of ether oxygens (including phenoxy) is 2. The van der Waals surface area contributed by atoms with Crippen LogP contribution in [0.4, 0.5) is 0 Å². The zero-order chi connectivity index (χ0) is 17.9. The van der Waals surface area contributed by atoms with Crippen molar-refractivity contribution in [1.29, 1.82) is 0 Å². The first-order chi connectivity index (χ1) is 11.6. The lowest BCUT2D eigenvalue weighted by Gasteiger charge is -2.63. The monoisotopic (exact) mass is 344 g/mol. The van der Waals surface area contributed by atoms with Gasteiger partial charge in [0, 0.05) is 30.3 Å². The van der Waals surface area contributed by atoms with Crippen molar-refractivity contribution in [3.8, 4) is 0 Å². The van der Waals surface area contributed by atoms with E-state index in [0.717, 1.165) is 12.0 Å². The maximum Gasteiger partial charge on any atom is 0.331 e. The summed E-state index contributed by atoms with van der Waals surface area (Å²) in [6.07, 6.45) is 2.46. The molecule has 5 nitrogen and oxygen atoms in total. The molecule has 3 aliphatic carbocycles. The van der Waals surface area contributed by atoms with E-state index in [1.807, 2.05) is 13.8 Å². The fourth-order valence-corrected chi connectivity index (χ4v) is 7.09. The average Bonchev–Trinajstić information content (AvgIpc) is 3.18. The maximum atomic E-state index is 13.4. The molecule has 0 N–H and O–H groups in total. The van der Waals surface area contributed by atoms with E-state index in [9.17, 15) is 14.4 Å². The van der Waals surface area contributed by atoms with Gasteiger partial charge in [0.2, 0.25) is 0 Å². The lowest BCUT2D eigenvalue weighted by atomic mass is 9.40. The Morgan fingerprint density at radius 2 is 1.88 bits per heavy atom. The fraction of sp³-hybridized carbons (Fsp3) is 0.750. The quantitative estimate of drug-likeness (QED) is 0.498. The largest absolute Gasteiger partial charge is 0.458 e. The number of rotatable bonds is 0. The van der Waals surface area contributed by atoms with Gasteiger partial charge in [0.15, 0.2) is 5.78 Å². The van der Waals surface area contributed by atoms with E-state index in [2.05, 4.69) is 13.8 Å². The molecule has 5 heteroatoms. The van der Waals surface area contributed by atoms with Crippen molar-refractivity contribution in [2.75, 3.05) is 0 Å². The zero-order valence-corrected chi connectivity index (χ0v) is 15.1. The number of fused-ring (bicyclic) bond motifs is 4. The van der Waals surface area contributed by atoms with Crippen molar-refractivity contribution in [2.45, 2.75) is 64.8 Å². The predicted octanol–water partition coefficient (Wildman–Crippen LogP) is 2.23. The standard InChI is InChI=1S/C20H24O5/c1-9-5-10(21)8-18(2)11(9)6-13-19(3)12(7-14(22)24-13)20(4)17(25-20)15(23)16(18)19/h7,9,11,13,16-17H,5-6,8H2,1-4H3. The van der Waals surface area contributed by atoms with Crippen molar-refractivity contribution < 1.29 is 23.9 Å². The van der Waals surface area contributed by atoms with Crippen LogP contribution in [0, 0.1) is 28.6 Å². The molecule has 0 aromatic rings. The summed E-state index contributed by atoms with van der Waals surface area (Å²) in [5.74, 6) is 0.0702. The molecule has 0 aromatic carbocycles. The Morgan fingerprint density at radius 3 is 2.60 bits per heavy atom. The number of ketones is 2. The summed E-state index contributed by atoms with van der Waals surface area (Å²) in [5, 5.41) is 0. The Balaban J connectivity index is 1.74. The number of hydrogen-bond acceptors (Lipinski definition) is 5. The normalized spacial score (nSPS) is 56.2. The van der Waals surface area contributed by atoms with Gasteiger partial charge in [-0.25, -0.2) is 4.79 Å². The van der Waals surface area contributed by atoms with Gasteiger partial charge in [-0.1, -0.05) is 20.8 Å². The predicted molar refractivity (Wildman–Crippen MR) is 87.5 cm³/mol. The third kappa shape index (κ3) is 1.62. The van der Waals surface area contributed by atoms with Gasteiger partial charge in [-0.05, 0) is 36.2 Å². The Kier molecular flexibility index (Phi) is 2.68. The Bertz CT molecular complexity index is 768. The first-order valence-electron chi connectivity index (χ1n) is 9.29. The van der Waals surface area contributed by atoms with Crippen molar-refractivity contribution >= 4 is 17.5 Å². The minimum atomic E-state index is -0.673. The average molecular weight is 344 g/mol. The smallest absolute Gasteiger partial charge is 0.331 e. The second-order valence-corrected chi connectivity index (χ2v) is 9.45. The molecular formula is C20H24O5. The van der Waals surface area contributed by atoms with Crippen molar-refractivity contribution in [3.05, 3.63) is 11.6 Å². The molecule has 4 fully saturated rings. The third-order valence-electron chi connectivity index (χ3n) is 8.04. The number of carbonyl (C=O) groups excluding carboxylic acids is 3. The lowest BCUT2D eigenvalue weighted by molar-refractivity contribution is -0.193. The molecule has 8 unspecified atom stereocenters. The van der Waals surface area contributed by atoms with Crippen LogP contribution in [0.5, 0.6) is 0 Å². The number of esters is 1. The lowest BCUT2D eigenvalue weighted by Crippen LogP contribution is -2.67. The summed E-state index contributed by atoms with van der Waals surface area (Å²) in [6, 6.07) is 0. The highest BCUT2D eigenvalue weighted by Gasteiger charge is 2.78. The highest BCUT2D eigenvalue weighted by atomic mass is 16.6. The molecule has 25 heavy (non-hydrogen) atoms. The second kappa shape index (κ2) is 4.25. The molecule has 0 radical (unpaired) electrons. The number of carbonyl (C=O) groups is 3. The third-order valence-corrected chi connectivity index (χ3v) is 8.04. The van der Waals surface area contributed by atoms with Gasteiger partial charge in [-0.15, -0.1) is 0 Å². The highest BCUT2D eigenvalue weighted by Crippen LogP contribution is 2.71. The number of epoxide rings is 1. The summed E-state index contributed by atoms with van der Waals surface area (Å²) in [4.78, 5) is 38.1. The van der Waals surface area contributed by atoms with Crippen LogP contribution < -0.4 is 0 Å². The van der Waals surface area contributed by atoms with Crippen molar-refractivity contribution in [2.24, 2.45) is 28.6 Å². The van der Waals surface area contributed by atoms with Crippen LogP contribution in [-0.4, -0.2) is 35.3 Å². The highest BCUT2D eigenvalue weighted by molar-refractivity contribution is 5.97. The molecule has 8 atom stereocenters. The van der Waals surface area contributed by atoms with Crippen molar-refractivity contribution in [1.82, 2.24) is 0 Å². The molecule has 0 amide bonds. The zero-order valence-electron chi connectivity index (χ0n) is 15.1. The van der Waals surface area contributed by atoms with E-state index in [1.54, 1.807) is 6.08 Å². The molecule has 2 aliphatic heterocycles. The van der Waals surface area contributed by atoms with Crippen LogP contribution in [0.3, 0.4) is 0 Å². The fourth-order valence-electron chi connectivity index (χ4n) is 7.09. The van der Waals surface area contributed by atoms with Gasteiger partial charge in [0.25, 0.3) is 0 Å². The van der Waals surface area contributed by atoms with Gasteiger partial charge in [-0.3, -0.25) is 9.59 Å². The number of Topliss-reactive ketones (excluding diaryl/α,β-unsaturated/α-hetero) is 2. The van der Waals surface area contributed by atoms with E-state index >= 15 is 0 Å². The molecule has 1 saturated heterocycles. The molecule has 5 rings (SSSR count). The van der Waals surface area contributed by atoms with Gasteiger partial charge in [-0.2, -0.15) is 0 Å². The van der Waals surface area contributed by atoms with Crippen LogP contribution in [0.1, 0.15) is 47.0 Å². The summed E-state index contributed by atoms with van der Waals surface area (Å²) in [7, 11) is 0. The first kappa shape index (κ1) is 15.7. The van der Waals surface area contributed by atoms with E-state index < -0.39 is 22.5 Å². The summed E-state index contributed by atoms with van der Waals surface area (Å²) in [6.45, 7) is 8.15. The first-order valence-corrected chi connectivity index (χ1v) is 9.29.